The van der Waals surface area contributed by atoms with E-state index in [-0.39, 0.29) is 0 Å². The summed E-state index contributed by atoms with van der Waals surface area (Å²) in [6, 6.07) is 6.59. The Hall–Kier alpha value is -0.580. The summed E-state index contributed by atoms with van der Waals surface area (Å²) in [5.41, 5.74) is 1.29. The molecule has 0 bridgehead atoms. The summed E-state index contributed by atoms with van der Waals surface area (Å²) in [6.45, 7) is 8.77. The molecule has 112 valence electrons. The summed E-state index contributed by atoms with van der Waals surface area (Å²) in [6.07, 6.45) is 1.47. The summed E-state index contributed by atoms with van der Waals surface area (Å²) in [5.74, 6) is 1.44. The summed E-state index contributed by atoms with van der Waals surface area (Å²) < 4.78 is 12.4. The van der Waals surface area contributed by atoms with Crippen LogP contribution in [0.5, 0.6) is 5.75 Å². The van der Waals surface area contributed by atoms with Gasteiger partial charge in [0.15, 0.2) is 0 Å². The van der Waals surface area contributed by atoms with Crippen LogP contribution in [0.25, 0.3) is 0 Å². The molecular formula is C16H24BrNO2. The van der Waals surface area contributed by atoms with E-state index in [1.165, 1.54) is 5.56 Å². The Morgan fingerprint density at radius 3 is 2.80 bits per heavy atom. The lowest BCUT2D eigenvalue weighted by Gasteiger charge is -2.25. The van der Waals surface area contributed by atoms with Gasteiger partial charge in [-0.3, -0.25) is 0 Å². The van der Waals surface area contributed by atoms with E-state index in [0.717, 1.165) is 29.8 Å². The minimum absolute atomic E-state index is 0.329. The van der Waals surface area contributed by atoms with Gasteiger partial charge in [0.2, 0.25) is 0 Å². The van der Waals surface area contributed by atoms with Crippen molar-refractivity contribution in [1.29, 1.82) is 0 Å². The molecule has 0 spiro atoms. The Morgan fingerprint density at radius 1 is 1.45 bits per heavy atom. The molecule has 4 heteroatoms. The first-order chi connectivity index (χ1) is 9.65. The standard InChI is InChI=1S/C16H24BrNO2/c1-4-18-16(12-8-11(3)20-10-12)14-7-6-13(19-5-2)9-15(14)17/h6-7,9,11-12,16,18H,4-5,8,10H2,1-3H3. The van der Waals surface area contributed by atoms with Gasteiger partial charge in [0.1, 0.15) is 5.75 Å². The largest absolute Gasteiger partial charge is 0.494 e. The molecule has 1 aromatic carbocycles. The van der Waals surface area contributed by atoms with Crippen LogP contribution < -0.4 is 10.1 Å². The molecule has 3 nitrogen and oxygen atoms in total. The first-order valence-electron chi connectivity index (χ1n) is 7.42. The molecule has 1 fully saturated rings. The topological polar surface area (TPSA) is 30.5 Å². The van der Waals surface area contributed by atoms with Crippen molar-refractivity contribution in [2.24, 2.45) is 5.92 Å². The lowest BCUT2D eigenvalue weighted by atomic mass is 9.91. The molecule has 0 aromatic heterocycles. The van der Waals surface area contributed by atoms with Crippen molar-refractivity contribution in [1.82, 2.24) is 5.32 Å². The predicted molar refractivity (Wildman–Crippen MR) is 85.2 cm³/mol. The molecule has 1 aliphatic rings. The fourth-order valence-corrected chi connectivity index (χ4v) is 3.45. The Balaban J connectivity index is 2.20. The zero-order valence-corrected chi connectivity index (χ0v) is 14.1. The molecule has 0 aliphatic carbocycles. The Kier molecular flexibility index (Phi) is 5.87. The molecule has 2 rings (SSSR count). The van der Waals surface area contributed by atoms with E-state index >= 15 is 0 Å². The molecule has 0 saturated carbocycles. The second-order valence-corrected chi connectivity index (χ2v) is 6.15. The van der Waals surface area contributed by atoms with Crippen molar-refractivity contribution < 1.29 is 9.47 Å². The number of benzene rings is 1. The second-order valence-electron chi connectivity index (χ2n) is 5.29. The molecule has 0 radical (unpaired) electrons. The van der Waals surface area contributed by atoms with Gasteiger partial charge in [-0.15, -0.1) is 0 Å². The predicted octanol–water partition coefficient (Wildman–Crippen LogP) is 3.92. The lowest BCUT2D eigenvalue weighted by Crippen LogP contribution is -2.29. The van der Waals surface area contributed by atoms with E-state index in [9.17, 15) is 0 Å². The number of halogens is 1. The average molecular weight is 342 g/mol. The molecule has 0 amide bonds. The summed E-state index contributed by atoms with van der Waals surface area (Å²) in [7, 11) is 0. The fourth-order valence-electron chi connectivity index (χ4n) is 2.85. The van der Waals surface area contributed by atoms with Crippen LogP contribution in [0.15, 0.2) is 22.7 Å². The first kappa shape index (κ1) is 15.8. The molecule has 1 aromatic rings. The van der Waals surface area contributed by atoms with Crippen LogP contribution in [0.3, 0.4) is 0 Å². The van der Waals surface area contributed by atoms with Gasteiger partial charge in [0.25, 0.3) is 0 Å². The van der Waals surface area contributed by atoms with Crippen LogP contribution in [-0.4, -0.2) is 25.9 Å². The maximum Gasteiger partial charge on any atom is 0.120 e. The third kappa shape index (κ3) is 3.74. The second kappa shape index (κ2) is 7.43. The molecule has 20 heavy (non-hydrogen) atoms. The zero-order chi connectivity index (χ0) is 14.5. The average Bonchev–Trinajstić information content (AvgIpc) is 2.84. The van der Waals surface area contributed by atoms with Gasteiger partial charge in [-0.1, -0.05) is 28.9 Å². The molecule has 3 atom stereocenters. The van der Waals surface area contributed by atoms with E-state index < -0.39 is 0 Å². The fraction of sp³-hybridized carbons (Fsp3) is 0.625. The van der Waals surface area contributed by atoms with Crippen LogP contribution in [-0.2, 0) is 4.74 Å². The van der Waals surface area contributed by atoms with Crippen molar-refractivity contribution in [2.75, 3.05) is 19.8 Å². The van der Waals surface area contributed by atoms with Gasteiger partial charge in [-0.2, -0.15) is 0 Å². The minimum atomic E-state index is 0.329. The smallest absolute Gasteiger partial charge is 0.120 e. The van der Waals surface area contributed by atoms with Gasteiger partial charge in [-0.05, 0) is 44.5 Å². The highest BCUT2D eigenvalue weighted by Crippen LogP contribution is 2.36. The van der Waals surface area contributed by atoms with E-state index in [0.29, 0.717) is 24.7 Å². The number of nitrogens with one attached hydrogen (secondary N) is 1. The number of hydrogen-bond donors (Lipinski definition) is 1. The molecule has 1 heterocycles. The van der Waals surface area contributed by atoms with Crippen LogP contribution in [0, 0.1) is 5.92 Å². The van der Waals surface area contributed by atoms with Gasteiger partial charge >= 0.3 is 0 Å². The number of rotatable bonds is 6. The Morgan fingerprint density at radius 2 is 2.25 bits per heavy atom. The van der Waals surface area contributed by atoms with Crippen molar-refractivity contribution in [3.8, 4) is 5.75 Å². The number of ether oxygens (including phenoxy) is 2. The molecule has 1 aliphatic heterocycles. The van der Waals surface area contributed by atoms with Crippen molar-refractivity contribution >= 4 is 15.9 Å². The maximum absolute atomic E-state index is 5.74. The van der Waals surface area contributed by atoms with E-state index in [4.69, 9.17) is 9.47 Å². The van der Waals surface area contributed by atoms with Crippen LogP contribution in [0.1, 0.15) is 38.8 Å². The third-order valence-corrected chi connectivity index (χ3v) is 4.43. The monoisotopic (exact) mass is 341 g/mol. The van der Waals surface area contributed by atoms with Crippen LogP contribution >= 0.6 is 15.9 Å². The SMILES string of the molecule is CCNC(c1ccc(OCC)cc1Br)C1COC(C)C1. The van der Waals surface area contributed by atoms with E-state index in [2.05, 4.69) is 47.2 Å². The Bertz CT molecular complexity index is 438. The summed E-state index contributed by atoms with van der Waals surface area (Å²) in [4.78, 5) is 0. The first-order valence-corrected chi connectivity index (χ1v) is 8.22. The molecule has 1 saturated heterocycles. The highest BCUT2D eigenvalue weighted by Gasteiger charge is 2.31. The highest BCUT2D eigenvalue weighted by molar-refractivity contribution is 9.10. The highest BCUT2D eigenvalue weighted by atomic mass is 79.9. The van der Waals surface area contributed by atoms with Crippen LogP contribution in [0.4, 0.5) is 0 Å². The molecule has 3 unspecified atom stereocenters. The van der Waals surface area contributed by atoms with E-state index in [1.807, 2.05) is 13.0 Å². The zero-order valence-electron chi connectivity index (χ0n) is 12.5. The Labute approximate surface area is 130 Å². The van der Waals surface area contributed by atoms with Crippen molar-refractivity contribution in [3.63, 3.8) is 0 Å². The van der Waals surface area contributed by atoms with E-state index in [1.54, 1.807) is 0 Å². The molecule has 1 N–H and O–H groups in total. The molecular weight excluding hydrogens is 318 g/mol. The summed E-state index contributed by atoms with van der Waals surface area (Å²) >= 11 is 3.69. The quantitative estimate of drug-likeness (QED) is 0.850. The van der Waals surface area contributed by atoms with Crippen LogP contribution in [0.2, 0.25) is 0 Å². The minimum Gasteiger partial charge on any atom is -0.494 e. The van der Waals surface area contributed by atoms with Crippen molar-refractivity contribution in [3.05, 3.63) is 28.2 Å². The summed E-state index contributed by atoms with van der Waals surface area (Å²) in [5, 5.41) is 3.60. The third-order valence-electron chi connectivity index (χ3n) is 3.74. The number of hydrogen-bond acceptors (Lipinski definition) is 3. The lowest BCUT2D eigenvalue weighted by molar-refractivity contribution is 0.117. The normalized spacial score (nSPS) is 23.8. The van der Waals surface area contributed by atoms with Crippen molar-refractivity contribution in [2.45, 2.75) is 39.3 Å². The van der Waals surface area contributed by atoms with Gasteiger partial charge in [0.05, 0.1) is 19.3 Å². The van der Waals surface area contributed by atoms with Gasteiger partial charge in [-0.25, -0.2) is 0 Å². The maximum atomic E-state index is 5.74. The van der Waals surface area contributed by atoms with Gasteiger partial charge < -0.3 is 14.8 Å². The van der Waals surface area contributed by atoms with Gasteiger partial charge in [0, 0.05) is 16.4 Å².